The molecule has 0 saturated heterocycles. The minimum atomic E-state index is -0.264. The Labute approximate surface area is 175 Å². The number of carbonyl (C=O) groups is 2. The van der Waals surface area contributed by atoms with E-state index in [0.29, 0.717) is 13.0 Å². The summed E-state index contributed by atoms with van der Waals surface area (Å²) in [5.41, 5.74) is 3.70. The molecule has 0 N–H and O–H groups in total. The topological polar surface area (TPSA) is 55.2 Å². The van der Waals surface area contributed by atoms with Gasteiger partial charge in [0.05, 0.1) is 5.69 Å². The van der Waals surface area contributed by atoms with Crippen molar-refractivity contribution in [3.8, 4) is 11.1 Å². The summed E-state index contributed by atoms with van der Waals surface area (Å²) < 4.78 is 14.9. The molecular weight excluding hydrogens is 381 g/mol. The number of hydrogen-bond donors (Lipinski definition) is 0. The second kappa shape index (κ2) is 8.61. The summed E-state index contributed by atoms with van der Waals surface area (Å²) in [5, 5.41) is 4.41. The van der Waals surface area contributed by atoms with Gasteiger partial charge in [0.25, 0.3) is 0 Å². The monoisotopic (exact) mass is 405 g/mol. The van der Waals surface area contributed by atoms with Crippen LogP contribution < -0.4 is 4.90 Å². The van der Waals surface area contributed by atoms with E-state index in [2.05, 4.69) is 5.10 Å². The standard InChI is InChI=1S/C24H24FN3O2/c1-17-15-23-27(13-2-14-28(23)26-17)24(30)12-11-22(29)16-18-3-5-19(6-4-18)20-7-9-21(25)10-8-20/h3-10,15H,2,11-14,16H2,1H3. The fraction of sp³-hybridized carbons (Fsp3) is 0.292. The largest absolute Gasteiger partial charge is 0.299 e. The van der Waals surface area contributed by atoms with Crippen LogP contribution >= 0.6 is 0 Å². The summed E-state index contributed by atoms with van der Waals surface area (Å²) in [6.45, 7) is 3.40. The molecule has 1 aliphatic heterocycles. The Kier molecular flexibility index (Phi) is 5.74. The minimum Gasteiger partial charge on any atom is -0.299 e. The first-order valence-corrected chi connectivity index (χ1v) is 10.2. The van der Waals surface area contributed by atoms with Crippen molar-refractivity contribution in [2.75, 3.05) is 11.4 Å². The number of aromatic nitrogens is 2. The van der Waals surface area contributed by atoms with E-state index < -0.39 is 0 Å². The average Bonchev–Trinajstić information content (AvgIpc) is 3.13. The number of fused-ring (bicyclic) bond motifs is 1. The van der Waals surface area contributed by atoms with Crippen molar-refractivity contribution in [1.82, 2.24) is 9.78 Å². The summed E-state index contributed by atoms with van der Waals surface area (Å²) in [6, 6.07) is 15.9. The van der Waals surface area contributed by atoms with Crippen LogP contribution in [0.4, 0.5) is 10.2 Å². The molecule has 2 aromatic carbocycles. The Morgan fingerprint density at radius 3 is 2.33 bits per heavy atom. The maximum atomic E-state index is 13.1. The third-order valence-corrected chi connectivity index (χ3v) is 5.36. The maximum Gasteiger partial charge on any atom is 0.228 e. The maximum absolute atomic E-state index is 13.1. The summed E-state index contributed by atoms with van der Waals surface area (Å²) in [6.07, 6.45) is 1.60. The molecule has 1 amide bonds. The Bertz CT molecular complexity index is 1060. The number of nitrogens with zero attached hydrogens (tertiary/aromatic N) is 3. The predicted molar refractivity (Wildman–Crippen MR) is 114 cm³/mol. The van der Waals surface area contributed by atoms with Crippen molar-refractivity contribution in [3.63, 3.8) is 0 Å². The molecule has 0 saturated carbocycles. The third-order valence-electron chi connectivity index (χ3n) is 5.36. The molecule has 0 spiro atoms. The Morgan fingerprint density at radius 2 is 1.63 bits per heavy atom. The number of aryl methyl sites for hydroxylation is 2. The quantitative estimate of drug-likeness (QED) is 0.614. The van der Waals surface area contributed by atoms with E-state index in [1.165, 1.54) is 12.1 Å². The molecule has 30 heavy (non-hydrogen) atoms. The lowest BCUT2D eigenvalue weighted by Crippen LogP contribution is -2.37. The van der Waals surface area contributed by atoms with Gasteiger partial charge >= 0.3 is 0 Å². The van der Waals surface area contributed by atoms with Gasteiger partial charge in [0.15, 0.2) is 0 Å². The second-order valence-corrected chi connectivity index (χ2v) is 7.69. The van der Waals surface area contributed by atoms with Crippen molar-refractivity contribution in [2.45, 2.75) is 39.2 Å². The van der Waals surface area contributed by atoms with Crippen LogP contribution in [-0.2, 0) is 22.6 Å². The van der Waals surface area contributed by atoms with Crippen LogP contribution in [0, 0.1) is 12.7 Å². The number of benzene rings is 2. The molecule has 3 aromatic rings. The Morgan fingerprint density at radius 1 is 0.967 bits per heavy atom. The van der Waals surface area contributed by atoms with Crippen LogP contribution in [0.5, 0.6) is 0 Å². The molecule has 0 bridgehead atoms. The van der Waals surface area contributed by atoms with Crippen molar-refractivity contribution in [3.05, 3.63) is 71.7 Å². The smallest absolute Gasteiger partial charge is 0.228 e. The lowest BCUT2D eigenvalue weighted by Gasteiger charge is -2.27. The molecule has 0 atom stereocenters. The average molecular weight is 405 g/mol. The van der Waals surface area contributed by atoms with E-state index in [1.54, 1.807) is 17.0 Å². The molecule has 1 aliphatic rings. The Hall–Kier alpha value is -3.28. The predicted octanol–water partition coefficient (Wildman–Crippen LogP) is 4.33. The highest BCUT2D eigenvalue weighted by Gasteiger charge is 2.24. The molecule has 5 nitrogen and oxygen atoms in total. The molecule has 0 aliphatic carbocycles. The molecule has 4 rings (SSSR count). The summed E-state index contributed by atoms with van der Waals surface area (Å²) in [5.74, 6) is 0.572. The molecular formula is C24H24FN3O2. The van der Waals surface area contributed by atoms with Crippen molar-refractivity contribution < 1.29 is 14.0 Å². The number of rotatable bonds is 6. The zero-order valence-electron chi connectivity index (χ0n) is 17.0. The molecule has 2 heterocycles. The number of amides is 1. The fourth-order valence-corrected chi connectivity index (χ4v) is 3.81. The van der Waals surface area contributed by atoms with Gasteiger partial charge in [-0.15, -0.1) is 0 Å². The van der Waals surface area contributed by atoms with Gasteiger partial charge in [-0.05, 0) is 42.2 Å². The molecule has 0 fully saturated rings. The van der Waals surface area contributed by atoms with Gasteiger partial charge in [0.1, 0.15) is 17.4 Å². The first kappa shape index (κ1) is 20.0. The highest BCUT2D eigenvalue weighted by atomic mass is 19.1. The SMILES string of the molecule is Cc1cc2n(n1)CCCN2C(=O)CCC(=O)Cc1ccc(-c2ccc(F)cc2)cc1. The van der Waals surface area contributed by atoms with Crippen LogP contribution in [0.1, 0.15) is 30.5 Å². The lowest BCUT2D eigenvalue weighted by atomic mass is 10.0. The lowest BCUT2D eigenvalue weighted by molar-refractivity contribution is -0.123. The van der Waals surface area contributed by atoms with Crippen LogP contribution in [0.25, 0.3) is 11.1 Å². The number of carbonyl (C=O) groups excluding carboxylic acids is 2. The van der Waals surface area contributed by atoms with Gasteiger partial charge in [-0.25, -0.2) is 9.07 Å². The van der Waals surface area contributed by atoms with Crippen LogP contribution in [0.15, 0.2) is 54.6 Å². The van der Waals surface area contributed by atoms with E-state index in [-0.39, 0.29) is 30.3 Å². The number of halogens is 1. The molecule has 0 radical (unpaired) electrons. The highest BCUT2D eigenvalue weighted by Crippen LogP contribution is 2.23. The van der Waals surface area contributed by atoms with Crippen LogP contribution in [0.2, 0.25) is 0 Å². The summed E-state index contributed by atoms with van der Waals surface area (Å²) in [4.78, 5) is 26.8. The van der Waals surface area contributed by atoms with E-state index >= 15 is 0 Å². The van der Waals surface area contributed by atoms with Crippen LogP contribution in [0.3, 0.4) is 0 Å². The minimum absolute atomic E-state index is 0.0316. The summed E-state index contributed by atoms with van der Waals surface area (Å²) in [7, 11) is 0. The number of Topliss-reactive ketones (excluding diaryl/α,β-unsaturated/α-hetero) is 1. The van der Waals surface area contributed by atoms with E-state index in [9.17, 15) is 14.0 Å². The normalized spacial score (nSPS) is 13.2. The molecule has 6 heteroatoms. The Balaban J connectivity index is 1.32. The number of anilines is 1. The van der Waals surface area contributed by atoms with Crippen molar-refractivity contribution in [2.24, 2.45) is 0 Å². The van der Waals surface area contributed by atoms with Gasteiger partial charge in [0, 0.05) is 38.4 Å². The first-order valence-electron chi connectivity index (χ1n) is 10.2. The third kappa shape index (κ3) is 4.48. The first-order chi connectivity index (χ1) is 14.5. The van der Waals surface area contributed by atoms with Gasteiger partial charge < -0.3 is 0 Å². The van der Waals surface area contributed by atoms with E-state index in [4.69, 9.17) is 0 Å². The van der Waals surface area contributed by atoms with Gasteiger partial charge in [-0.3, -0.25) is 14.5 Å². The van der Waals surface area contributed by atoms with Crippen molar-refractivity contribution >= 4 is 17.5 Å². The fourth-order valence-electron chi connectivity index (χ4n) is 3.81. The van der Waals surface area contributed by atoms with Gasteiger partial charge in [0.2, 0.25) is 5.91 Å². The van der Waals surface area contributed by atoms with E-state index in [1.807, 2.05) is 41.9 Å². The van der Waals surface area contributed by atoms with Gasteiger partial charge in [-0.2, -0.15) is 5.10 Å². The number of ketones is 1. The second-order valence-electron chi connectivity index (χ2n) is 7.69. The molecule has 0 unspecified atom stereocenters. The zero-order chi connectivity index (χ0) is 21.1. The number of hydrogen-bond acceptors (Lipinski definition) is 3. The highest BCUT2D eigenvalue weighted by molar-refractivity contribution is 5.95. The molecule has 1 aromatic heterocycles. The molecule has 154 valence electrons. The summed E-state index contributed by atoms with van der Waals surface area (Å²) >= 11 is 0. The zero-order valence-corrected chi connectivity index (χ0v) is 17.0. The van der Waals surface area contributed by atoms with Crippen LogP contribution in [-0.4, -0.2) is 28.0 Å². The van der Waals surface area contributed by atoms with E-state index in [0.717, 1.165) is 41.2 Å². The van der Waals surface area contributed by atoms with Crippen molar-refractivity contribution in [1.29, 1.82) is 0 Å². The van der Waals surface area contributed by atoms with Gasteiger partial charge in [-0.1, -0.05) is 36.4 Å².